The molecular weight excluding hydrogens is 557 g/mol. The molecule has 10 heteroatoms. The largest absolute Gasteiger partial charge is 0.462 e. The Morgan fingerprint density at radius 3 is 2.69 bits per heavy atom. The van der Waals surface area contributed by atoms with Gasteiger partial charge in [0.05, 0.1) is 12.2 Å². The van der Waals surface area contributed by atoms with Crippen LogP contribution in [0, 0.1) is 11.3 Å². The fraction of sp³-hybridized carbons (Fsp3) is 0.172. The maximum atomic E-state index is 12.7. The van der Waals surface area contributed by atoms with Crippen LogP contribution >= 0.6 is 34.5 Å². The fourth-order valence-corrected chi connectivity index (χ4v) is 4.73. The summed E-state index contributed by atoms with van der Waals surface area (Å²) in [5, 5.41) is 13.7. The molecule has 4 aromatic rings. The number of unbranched alkanes of at least 4 members (excludes halogenated alkanes) is 1. The van der Waals surface area contributed by atoms with Gasteiger partial charge < -0.3 is 9.15 Å². The highest BCUT2D eigenvalue weighted by atomic mass is 35.5. The predicted octanol–water partition coefficient (Wildman–Crippen LogP) is 7.80. The predicted molar refractivity (Wildman–Crippen MR) is 153 cm³/mol. The molecule has 7 nitrogen and oxygen atoms in total. The Hall–Kier alpha value is -3.90. The van der Waals surface area contributed by atoms with Crippen molar-refractivity contribution in [2.24, 2.45) is 0 Å². The van der Waals surface area contributed by atoms with Crippen LogP contribution < -0.4 is 5.32 Å². The number of benzene rings is 2. The van der Waals surface area contributed by atoms with Crippen molar-refractivity contribution in [2.45, 2.75) is 26.2 Å². The van der Waals surface area contributed by atoms with Crippen molar-refractivity contribution in [3.05, 3.63) is 98.2 Å². The van der Waals surface area contributed by atoms with E-state index in [0.717, 1.165) is 28.8 Å². The highest BCUT2D eigenvalue weighted by molar-refractivity contribution is 7.15. The maximum absolute atomic E-state index is 12.7. The average Bonchev–Trinajstić information content (AvgIpc) is 3.59. The number of aromatic nitrogens is 1. The topological polar surface area (TPSA) is 105 Å². The number of carbonyl (C=O) groups excluding carboxylic acids is 2. The van der Waals surface area contributed by atoms with Gasteiger partial charge in [-0.05, 0) is 54.4 Å². The van der Waals surface area contributed by atoms with E-state index < -0.39 is 5.91 Å². The number of carbonyl (C=O) groups is 2. The first-order chi connectivity index (χ1) is 18.9. The zero-order chi connectivity index (χ0) is 27.8. The molecular formula is C29H23Cl2N3O4S. The Kier molecular flexibility index (Phi) is 9.55. The quantitative estimate of drug-likeness (QED) is 0.0888. The molecule has 0 atom stereocenters. The van der Waals surface area contributed by atoms with Crippen LogP contribution in [0.15, 0.2) is 70.8 Å². The van der Waals surface area contributed by atoms with Gasteiger partial charge in [-0.1, -0.05) is 48.7 Å². The first kappa shape index (κ1) is 28.1. The van der Waals surface area contributed by atoms with Crippen molar-refractivity contribution in [3.8, 4) is 17.4 Å². The molecule has 2 aromatic heterocycles. The van der Waals surface area contributed by atoms with Gasteiger partial charge in [0.1, 0.15) is 23.2 Å². The summed E-state index contributed by atoms with van der Waals surface area (Å²) in [6.45, 7) is 2.42. The molecule has 0 aliphatic heterocycles. The third-order valence-corrected chi connectivity index (χ3v) is 7.08. The lowest BCUT2D eigenvalue weighted by Crippen LogP contribution is -2.13. The molecule has 0 radical (unpaired) electrons. The molecule has 0 fully saturated rings. The summed E-state index contributed by atoms with van der Waals surface area (Å²) in [4.78, 5) is 29.9. The van der Waals surface area contributed by atoms with E-state index in [2.05, 4.69) is 10.3 Å². The minimum absolute atomic E-state index is 0.143. The zero-order valence-electron chi connectivity index (χ0n) is 20.9. The molecule has 198 valence electrons. The summed E-state index contributed by atoms with van der Waals surface area (Å²) in [6.07, 6.45) is 5.27. The van der Waals surface area contributed by atoms with E-state index in [-0.39, 0.29) is 11.5 Å². The van der Waals surface area contributed by atoms with E-state index >= 15 is 0 Å². The van der Waals surface area contributed by atoms with Crippen LogP contribution in [0.1, 0.15) is 46.3 Å². The van der Waals surface area contributed by atoms with Crippen molar-refractivity contribution >= 4 is 57.6 Å². The first-order valence-corrected chi connectivity index (χ1v) is 13.6. The standard InChI is InChI=1S/C29H23Cl2N3O4S/c1-2-3-12-37-28(36)19-6-4-18(5-7-19)26-11-9-23(38-26)14-21(16-32)27(35)34-29-33-17-24(39-29)15-20-13-22(30)8-10-25(20)31/h4-11,13-14,17H,2-3,12,15H2,1H3,(H,33,34,35)/b21-14+. The summed E-state index contributed by atoms with van der Waals surface area (Å²) in [5.41, 5.74) is 1.89. The lowest BCUT2D eigenvalue weighted by molar-refractivity contribution is -0.112. The van der Waals surface area contributed by atoms with Crippen molar-refractivity contribution in [1.82, 2.24) is 4.98 Å². The van der Waals surface area contributed by atoms with Crippen LogP contribution in [0.5, 0.6) is 0 Å². The van der Waals surface area contributed by atoms with E-state index in [1.54, 1.807) is 60.8 Å². The Bertz CT molecular complexity index is 1550. The number of rotatable bonds is 10. The number of halogens is 2. The number of thiazole rings is 1. The molecule has 2 heterocycles. The minimum Gasteiger partial charge on any atom is -0.462 e. The van der Waals surface area contributed by atoms with Crippen molar-refractivity contribution in [3.63, 3.8) is 0 Å². The average molecular weight is 580 g/mol. The van der Waals surface area contributed by atoms with Gasteiger partial charge in [-0.2, -0.15) is 5.26 Å². The molecule has 1 N–H and O–H groups in total. The van der Waals surface area contributed by atoms with Gasteiger partial charge in [-0.3, -0.25) is 10.1 Å². The number of ether oxygens (including phenoxy) is 1. The van der Waals surface area contributed by atoms with E-state index in [4.69, 9.17) is 32.4 Å². The molecule has 1 amide bonds. The third kappa shape index (κ3) is 7.58. The fourth-order valence-electron chi connectivity index (χ4n) is 3.52. The van der Waals surface area contributed by atoms with Gasteiger partial charge >= 0.3 is 5.97 Å². The van der Waals surface area contributed by atoms with E-state index in [0.29, 0.717) is 45.3 Å². The van der Waals surface area contributed by atoms with E-state index in [1.165, 1.54) is 17.4 Å². The van der Waals surface area contributed by atoms with Crippen LogP contribution in [0.2, 0.25) is 10.0 Å². The van der Waals surface area contributed by atoms with Gasteiger partial charge in [-0.15, -0.1) is 11.3 Å². The molecule has 0 saturated heterocycles. The second-order valence-electron chi connectivity index (χ2n) is 8.44. The van der Waals surface area contributed by atoms with Crippen molar-refractivity contribution in [1.29, 1.82) is 5.26 Å². The summed E-state index contributed by atoms with van der Waals surface area (Å²) in [5.74, 6) is -0.129. The second-order valence-corrected chi connectivity index (χ2v) is 10.4. The Morgan fingerprint density at radius 1 is 1.15 bits per heavy atom. The second kappa shape index (κ2) is 13.3. The van der Waals surface area contributed by atoms with Gasteiger partial charge in [0.2, 0.25) is 0 Å². The highest BCUT2D eigenvalue weighted by Gasteiger charge is 2.15. The van der Waals surface area contributed by atoms with Crippen LogP contribution in [0.4, 0.5) is 5.13 Å². The summed E-state index contributed by atoms with van der Waals surface area (Å²) < 4.78 is 11.0. The van der Waals surface area contributed by atoms with E-state index in [9.17, 15) is 14.9 Å². The summed E-state index contributed by atoms with van der Waals surface area (Å²) >= 11 is 13.6. The molecule has 4 rings (SSSR count). The number of hydrogen-bond acceptors (Lipinski definition) is 7. The molecule has 0 aliphatic rings. The highest BCUT2D eigenvalue weighted by Crippen LogP contribution is 2.28. The Labute approximate surface area is 239 Å². The number of nitriles is 1. The van der Waals surface area contributed by atoms with Crippen LogP contribution in [-0.4, -0.2) is 23.5 Å². The van der Waals surface area contributed by atoms with Crippen molar-refractivity contribution < 1.29 is 18.7 Å². The normalized spacial score (nSPS) is 11.2. The first-order valence-electron chi connectivity index (χ1n) is 12.1. The molecule has 0 aliphatic carbocycles. The lowest BCUT2D eigenvalue weighted by atomic mass is 10.1. The molecule has 0 bridgehead atoms. The number of nitrogens with zero attached hydrogens (tertiary/aromatic N) is 2. The number of amides is 1. The summed E-state index contributed by atoms with van der Waals surface area (Å²) in [7, 11) is 0. The van der Waals surface area contributed by atoms with Crippen LogP contribution in [0.3, 0.4) is 0 Å². The maximum Gasteiger partial charge on any atom is 0.338 e. The molecule has 0 unspecified atom stereocenters. The number of hydrogen-bond donors (Lipinski definition) is 1. The Morgan fingerprint density at radius 2 is 1.95 bits per heavy atom. The zero-order valence-corrected chi connectivity index (χ0v) is 23.2. The Balaban J connectivity index is 1.40. The number of nitrogens with one attached hydrogen (secondary N) is 1. The molecule has 0 saturated carbocycles. The van der Waals surface area contributed by atoms with Gasteiger partial charge in [0.15, 0.2) is 5.13 Å². The number of esters is 1. The SMILES string of the molecule is CCCCOC(=O)c1ccc(-c2ccc(/C=C(\C#N)C(=O)Nc3ncc(Cc4cc(Cl)ccc4Cl)s3)o2)cc1. The third-order valence-electron chi connectivity index (χ3n) is 5.56. The van der Waals surface area contributed by atoms with Gasteiger partial charge in [0.25, 0.3) is 5.91 Å². The monoisotopic (exact) mass is 579 g/mol. The van der Waals surface area contributed by atoms with Crippen LogP contribution in [0.25, 0.3) is 17.4 Å². The van der Waals surface area contributed by atoms with Crippen LogP contribution in [-0.2, 0) is 16.0 Å². The lowest BCUT2D eigenvalue weighted by Gasteiger charge is -2.04. The molecule has 2 aromatic carbocycles. The van der Waals surface area contributed by atoms with Gasteiger partial charge in [0, 0.05) is 39.2 Å². The van der Waals surface area contributed by atoms with Gasteiger partial charge in [-0.25, -0.2) is 9.78 Å². The number of anilines is 1. The van der Waals surface area contributed by atoms with E-state index in [1.807, 2.05) is 13.0 Å². The minimum atomic E-state index is -0.608. The summed E-state index contributed by atoms with van der Waals surface area (Å²) in [6, 6.07) is 17.3. The molecule has 0 spiro atoms. The number of furan rings is 1. The molecule has 39 heavy (non-hydrogen) atoms. The van der Waals surface area contributed by atoms with Crippen molar-refractivity contribution in [2.75, 3.05) is 11.9 Å². The smallest absolute Gasteiger partial charge is 0.338 e.